The van der Waals surface area contributed by atoms with Crippen LogP contribution in [-0.4, -0.2) is 56.3 Å². The Morgan fingerprint density at radius 2 is 1.85 bits per heavy atom. The normalized spacial score (nSPS) is 15.2. The zero-order valence-corrected chi connectivity index (χ0v) is 15.9. The van der Waals surface area contributed by atoms with Gasteiger partial charge in [0.1, 0.15) is 6.10 Å². The van der Waals surface area contributed by atoms with Crippen LogP contribution in [0, 0.1) is 0 Å². The summed E-state index contributed by atoms with van der Waals surface area (Å²) in [4.78, 5) is 19.0. The Balaban J connectivity index is 1.60. The molecule has 144 valence electrons. The SMILES string of the molecule is COc1ccc(C(=O)Nc2ccc(OC3CCN(C)CC3)nc2)cc1OC. The molecular formula is C20H25N3O4. The Hall–Kier alpha value is -2.80. The van der Waals surface area contributed by atoms with Gasteiger partial charge < -0.3 is 24.4 Å². The zero-order chi connectivity index (χ0) is 19.2. The molecule has 1 aliphatic rings. The molecule has 2 heterocycles. The summed E-state index contributed by atoms with van der Waals surface area (Å²) in [5, 5.41) is 2.82. The Morgan fingerprint density at radius 1 is 1.11 bits per heavy atom. The van der Waals surface area contributed by atoms with Crippen molar-refractivity contribution in [3.63, 3.8) is 0 Å². The average molecular weight is 371 g/mol. The maximum absolute atomic E-state index is 12.4. The van der Waals surface area contributed by atoms with E-state index in [0.29, 0.717) is 28.6 Å². The Labute approximate surface area is 159 Å². The Morgan fingerprint density at radius 3 is 2.48 bits per heavy atom. The van der Waals surface area contributed by atoms with Crippen LogP contribution in [0.4, 0.5) is 5.69 Å². The van der Waals surface area contributed by atoms with E-state index in [2.05, 4.69) is 22.2 Å². The van der Waals surface area contributed by atoms with Gasteiger partial charge in [-0.1, -0.05) is 0 Å². The van der Waals surface area contributed by atoms with E-state index in [1.165, 1.54) is 7.11 Å². The minimum absolute atomic E-state index is 0.195. The van der Waals surface area contributed by atoms with Crippen molar-refractivity contribution in [1.82, 2.24) is 9.88 Å². The first kappa shape index (κ1) is 19.0. The fraction of sp³-hybridized carbons (Fsp3) is 0.400. The van der Waals surface area contributed by atoms with Gasteiger partial charge in [0.2, 0.25) is 5.88 Å². The van der Waals surface area contributed by atoms with Crippen LogP contribution in [0.5, 0.6) is 17.4 Å². The van der Waals surface area contributed by atoms with Crippen molar-refractivity contribution >= 4 is 11.6 Å². The van der Waals surface area contributed by atoms with Crippen LogP contribution in [0.15, 0.2) is 36.5 Å². The summed E-state index contributed by atoms with van der Waals surface area (Å²) in [6.45, 7) is 2.06. The van der Waals surface area contributed by atoms with Crippen molar-refractivity contribution in [2.45, 2.75) is 18.9 Å². The van der Waals surface area contributed by atoms with Crippen LogP contribution in [0.1, 0.15) is 23.2 Å². The van der Waals surface area contributed by atoms with E-state index in [0.717, 1.165) is 25.9 Å². The molecule has 0 unspecified atom stereocenters. The zero-order valence-electron chi connectivity index (χ0n) is 15.9. The average Bonchev–Trinajstić information content (AvgIpc) is 2.70. The minimum atomic E-state index is -0.248. The topological polar surface area (TPSA) is 72.9 Å². The van der Waals surface area contributed by atoms with Gasteiger partial charge in [-0.15, -0.1) is 0 Å². The lowest BCUT2D eigenvalue weighted by Gasteiger charge is -2.28. The van der Waals surface area contributed by atoms with Crippen molar-refractivity contribution in [3.05, 3.63) is 42.1 Å². The van der Waals surface area contributed by atoms with Gasteiger partial charge in [0.15, 0.2) is 11.5 Å². The van der Waals surface area contributed by atoms with E-state index in [1.807, 2.05) is 0 Å². The molecule has 1 amide bonds. The molecule has 27 heavy (non-hydrogen) atoms. The number of methoxy groups -OCH3 is 2. The van der Waals surface area contributed by atoms with Crippen LogP contribution in [-0.2, 0) is 0 Å². The van der Waals surface area contributed by atoms with Gasteiger partial charge in [0.05, 0.1) is 26.1 Å². The highest BCUT2D eigenvalue weighted by molar-refractivity contribution is 6.04. The summed E-state index contributed by atoms with van der Waals surface area (Å²) >= 11 is 0. The first-order valence-electron chi connectivity index (χ1n) is 8.93. The lowest BCUT2D eigenvalue weighted by Crippen LogP contribution is -2.35. The highest BCUT2D eigenvalue weighted by Gasteiger charge is 2.18. The lowest BCUT2D eigenvalue weighted by atomic mass is 10.1. The van der Waals surface area contributed by atoms with Crippen molar-refractivity contribution in [3.8, 4) is 17.4 Å². The van der Waals surface area contributed by atoms with Gasteiger partial charge in [-0.3, -0.25) is 4.79 Å². The second-order valence-corrected chi connectivity index (χ2v) is 6.53. The number of likely N-dealkylation sites (tertiary alicyclic amines) is 1. The number of benzene rings is 1. The highest BCUT2D eigenvalue weighted by atomic mass is 16.5. The molecule has 7 heteroatoms. The van der Waals surface area contributed by atoms with Crippen molar-refractivity contribution in [2.75, 3.05) is 39.7 Å². The molecule has 0 aliphatic carbocycles. The summed E-state index contributed by atoms with van der Waals surface area (Å²) in [5.74, 6) is 1.41. The number of rotatable bonds is 6. The van der Waals surface area contributed by atoms with Crippen LogP contribution in [0.3, 0.4) is 0 Å². The minimum Gasteiger partial charge on any atom is -0.493 e. The van der Waals surface area contributed by atoms with Crippen LogP contribution in [0.25, 0.3) is 0 Å². The van der Waals surface area contributed by atoms with E-state index in [-0.39, 0.29) is 12.0 Å². The van der Waals surface area contributed by atoms with Crippen LogP contribution < -0.4 is 19.5 Å². The van der Waals surface area contributed by atoms with Gasteiger partial charge >= 0.3 is 0 Å². The molecule has 3 rings (SSSR count). The fourth-order valence-corrected chi connectivity index (χ4v) is 2.98. The number of nitrogens with zero attached hydrogens (tertiary/aromatic N) is 2. The summed E-state index contributed by atoms with van der Waals surface area (Å²) < 4.78 is 16.3. The molecule has 0 spiro atoms. The largest absolute Gasteiger partial charge is 0.493 e. The highest BCUT2D eigenvalue weighted by Crippen LogP contribution is 2.28. The molecule has 0 bridgehead atoms. The molecule has 7 nitrogen and oxygen atoms in total. The quantitative estimate of drug-likeness (QED) is 0.842. The number of anilines is 1. The number of pyridine rings is 1. The molecule has 1 fully saturated rings. The predicted molar refractivity (Wildman–Crippen MR) is 103 cm³/mol. The second kappa shape index (κ2) is 8.73. The van der Waals surface area contributed by atoms with E-state index in [4.69, 9.17) is 14.2 Å². The first-order valence-corrected chi connectivity index (χ1v) is 8.93. The molecule has 1 N–H and O–H groups in total. The maximum atomic E-state index is 12.4. The third kappa shape index (κ3) is 4.89. The Bertz CT molecular complexity index is 771. The number of nitrogens with one attached hydrogen (secondary N) is 1. The van der Waals surface area contributed by atoms with E-state index in [9.17, 15) is 4.79 Å². The third-order valence-corrected chi connectivity index (χ3v) is 4.59. The summed E-state index contributed by atoms with van der Waals surface area (Å²) in [5.41, 5.74) is 1.07. The Kier molecular flexibility index (Phi) is 6.13. The molecule has 1 aliphatic heterocycles. The number of carbonyl (C=O) groups is 1. The number of ether oxygens (including phenoxy) is 3. The van der Waals surface area contributed by atoms with Crippen LogP contribution >= 0.6 is 0 Å². The molecule has 1 saturated heterocycles. The second-order valence-electron chi connectivity index (χ2n) is 6.53. The van der Waals surface area contributed by atoms with Crippen LogP contribution in [0.2, 0.25) is 0 Å². The van der Waals surface area contributed by atoms with Gasteiger partial charge in [-0.2, -0.15) is 0 Å². The van der Waals surface area contributed by atoms with Gasteiger partial charge in [-0.25, -0.2) is 4.98 Å². The molecule has 0 atom stereocenters. The van der Waals surface area contributed by atoms with E-state index >= 15 is 0 Å². The van der Waals surface area contributed by atoms with Crippen molar-refractivity contribution < 1.29 is 19.0 Å². The fourth-order valence-electron chi connectivity index (χ4n) is 2.98. The molecular weight excluding hydrogens is 346 g/mol. The smallest absolute Gasteiger partial charge is 0.255 e. The van der Waals surface area contributed by atoms with Crippen molar-refractivity contribution in [2.24, 2.45) is 0 Å². The molecule has 0 radical (unpaired) electrons. The molecule has 0 saturated carbocycles. The number of piperidine rings is 1. The summed E-state index contributed by atoms with van der Waals surface area (Å²) in [6.07, 6.45) is 3.79. The van der Waals surface area contributed by atoms with Gasteiger partial charge in [-0.05, 0) is 44.2 Å². The number of hydrogen-bond acceptors (Lipinski definition) is 6. The molecule has 1 aromatic carbocycles. The number of carbonyl (C=O) groups excluding carboxylic acids is 1. The number of hydrogen-bond donors (Lipinski definition) is 1. The molecule has 2 aromatic rings. The standard InChI is InChI=1S/C20H25N3O4/c1-23-10-8-16(9-11-23)27-19-7-5-15(13-21-19)22-20(24)14-4-6-17(25-2)18(12-14)26-3/h4-7,12-13,16H,8-11H2,1-3H3,(H,22,24). The maximum Gasteiger partial charge on any atom is 0.255 e. The van der Waals surface area contributed by atoms with Gasteiger partial charge in [0.25, 0.3) is 5.91 Å². The summed E-state index contributed by atoms with van der Waals surface area (Å²) in [7, 11) is 5.20. The van der Waals surface area contributed by atoms with Crippen molar-refractivity contribution in [1.29, 1.82) is 0 Å². The number of amides is 1. The first-order chi connectivity index (χ1) is 13.1. The number of aromatic nitrogens is 1. The summed E-state index contributed by atoms with van der Waals surface area (Å²) in [6, 6.07) is 8.59. The third-order valence-electron chi connectivity index (χ3n) is 4.59. The lowest BCUT2D eigenvalue weighted by molar-refractivity contribution is 0.102. The predicted octanol–water partition coefficient (Wildman–Crippen LogP) is 2.82. The van der Waals surface area contributed by atoms with Gasteiger partial charge in [0, 0.05) is 24.7 Å². The van der Waals surface area contributed by atoms with E-state index < -0.39 is 0 Å². The monoisotopic (exact) mass is 371 g/mol. The van der Waals surface area contributed by atoms with E-state index in [1.54, 1.807) is 43.6 Å². The molecule has 1 aromatic heterocycles.